The van der Waals surface area contributed by atoms with Crippen molar-refractivity contribution >= 4 is 16.7 Å². The van der Waals surface area contributed by atoms with Crippen LogP contribution in [0.5, 0.6) is 17.2 Å². The number of methoxy groups -OCH3 is 2. The van der Waals surface area contributed by atoms with Crippen molar-refractivity contribution in [2.75, 3.05) is 25.9 Å². The van der Waals surface area contributed by atoms with Gasteiger partial charge in [-0.2, -0.15) is 0 Å². The molecule has 0 spiro atoms. The van der Waals surface area contributed by atoms with E-state index in [4.69, 9.17) is 18.6 Å². The summed E-state index contributed by atoms with van der Waals surface area (Å²) in [5.74, 6) is 2.15. The Bertz CT molecular complexity index is 1060. The second-order valence-corrected chi connectivity index (χ2v) is 6.37. The van der Waals surface area contributed by atoms with Crippen molar-refractivity contribution in [2.24, 2.45) is 0 Å². The van der Waals surface area contributed by atoms with Gasteiger partial charge in [-0.3, -0.25) is 0 Å². The first kappa shape index (κ1) is 17.3. The summed E-state index contributed by atoms with van der Waals surface area (Å²) in [7, 11) is 3.24. The zero-order valence-corrected chi connectivity index (χ0v) is 15.6. The molecule has 3 aromatic rings. The number of anilines is 1. The monoisotopic (exact) mass is 367 g/mol. The second kappa shape index (κ2) is 6.87. The number of hydrogen-bond donors (Lipinski definition) is 0. The van der Waals surface area contributed by atoms with Crippen LogP contribution in [0, 0.1) is 0 Å². The Labute approximate surface area is 156 Å². The Morgan fingerprint density at radius 3 is 2.70 bits per heavy atom. The molecule has 0 N–H and O–H groups in total. The van der Waals surface area contributed by atoms with Gasteiger partial charge in [-0.15, -0.1) is 0 Å². The third kappa shape index (κ3) is 2.97. The van der Waals surface area contributed by atoms with Crippen LogP contribution in [0.25, 0.3) is 11.0 Å². The highest BCUT2D eigenvalue weighted by Crippen LogP contribution is 2.38. The smallest absolute Gasteiger partial charge is 0.336 e. The maximum atomic E-state index is 12.0. The fourth-order valence-corrected chi connectivity index (χ4v) is 3.49. The normalized spacial score (nSPS) is 13.2. The van der Waals surface area contributed by atoms with E-state index in [1.54, 1.807) is 20.3 Å². The molecule has 6 heteroatoms. The lowest BCUT2D eigenvalue weighted by Gasteiger charge is -2.32. The molecule has 0 fully saturated rings. The van der Waals surface area contributed by atoms with Crippen LogP contribution in [0.1, 0.15) is 18.1 Å². The minimum absolute atomic E-state index is 0.341. The zero-order chi connectivity index (χ0) is 19.0. The summed E-state index contributed by atoms with van der Waals surface area (Å²) in [4.78, 5) is 14.1. The van der Waals surface area contributed by atoms with Crippen molar-refractivity contribution in [3.63, 3.8) is 0 Å². The Morgan fingerprint density at radius 2 is 1.96 bits per heavy atom. The zero-order valence-electron chi connectivity index (χ0n) is 15.6. The number of hydrogen-bond acceptors (Lipinski definition) is 6. The van der Waals surface area contributed by atoms with E-state index in [0.717, 1.165) is 40.1 Å². The molecule has 0 atom stereocenters. The largest absolute Gasteiger partial charge is 0.497 e. The molecule has 140 valence electrons. The first-order valence-corrected chi connectivity index (χ1v) is 8.83. The third-order valence-corrected chi connectivity index (χ3v) is 4.89. The van der Waals surface area contributed by atoms with Gasteiger partial charge in [-0.05, 0) is 36.2 Å². The second-order valence-electron chi connectivity index (χ2n) is 6.37. The molecule has 0 radical (unpaired) electrons. The van der Waals surface area contributed by atoms with Crippen molar-refractivity contribution in [3.05, 3.63) is 57.9 Å². The quantitative estimate of drug-likeness (QED) is 0.655. The average molecular weight is 367 g/mol. The maximum absolute atomic E-state index is 12.0. The van der Waals surface area contributed by atoms with Gasteiger partial charge in [0.15, 0.2) is 6.73 Å². The summed E-state index contributed by atoms with van der Waals surface area (Å²) in [6.07, 6.45) is 0.762. The molecule has 0 saturated heterocycles. The number of nitrogens with zero attached hydrogens (tertiary/aromatic N) is 1. The van der Waals surface area contributed by atoms with E-state index in [1.807, 2.05) is 42.2 Å². The van der Waals surface area contributed by atoms with Gasteiger partial charge >= 0.3 is 5.63 Å². The molecular weight excluding hydrogens is 346 g/mol. The predicted octanol–water partition coefficient (Wildman–Crippen LogP) is 3.73. The molecule has 0 bridgehead atoms. The van der Waals surface area contributed by atoms with Crippen molar-refractivity contribution in [2.45, 2.75) is 19.9 Å². The first-order valence-electron chi connectivity index (χ1n) is 8.83. The highest BCUT2D eigenvalue weighted by Gasteiger charge is 2.24. The lowest BCUT2D eigenvalue weighted by atomic mass is 10.0. The topological polar surface area (TPSA) is 61.1 Å². The number of ether oxygens (including phenoxy) is 3. The number of fused-ring (bicyclic) bond motifs is 3. The van der Waals surface area contributed by atoms with Crippen LogP contribution < -0.4 is 24.7 Å². The average Bonchev–Trinajstić information content (AvgIpc) is 2.72. The van der Waals surface area contributed by atoms with E-state index in [2.05, 4.69) is 0 Å². The standard InChI is InChI=1S/C21H21NO5/c1-4-13-9-20(23)27-21-15(13)6-8-18-16(21)11-22(12-26-18)17-7-5-14(24-2)10-19(17)25-3/h5-10H,4,11-12H2,1-3H3. The molecule has 4 rings (SSSR count). The fraction of sp³-hybridized carbons (Fsp3) is 0.286. The fourth-order valence-electron chi connectivity index (χ4n) is 3.49. The van der Waals surface area contributed by atoms with Crippen molar-refractivity contribution in [3.8, 4) is 17.2 Å². The van der Waals surface area contributed by atoms with Gasteiger partial charge in [0, 0.05) is 17.5 Å². The Morgan fingerprint density at radius 1 is 1.11 bits per heavy atom. The Hall–Kier alpha value is -3.15. The van der Waals surface area contributed by atoms with E-state index < -0.39 is 0 Å². The van der Waals surface area contributed by atoms with Gasteiger partial charge < -0.3 is 23.5 Å². The maximum Gasteiger partial charge on any atom is 0.336 e. The molecule has 0 saturated carbocycles. The van der Waals surface area contributed by atoms with Gasteiger partial charge in [0.1, 0.15) is 22.8 Å². The van der Waals surface area contributed by atoms with Crippen molar-refractivity contribution in [1.29, 1.82) is 0 Å². The van der Waals surface area contributed by atoms with Crippen LogP contribution >= 0.6 is 0 Å². The first-order chi connectivity index (χ1) is 13.1. The van der Waals surface area contributed by atoms with Crippen molar-refractivity contribution < 1.29 is 18.6 Å². The SMILES string of the molecule is CCc1cc(=O)oc2c3c(ccc12)OCN(c1ccc(OC)cc1OC)C3. The number of benzene rings is 2. The summed E-state index contributed by atoms with van der Waals surface area (Å²) >= 11 is 0. The Balaban J connectivity index is 1.81. The van der Waals surface area contributed by atoms with E-state index in [0.29, 0.717) is 24.6 Å². The van der Waals surface area contributed by atoms with Crippen LogP contribution in [-0.2, 0) is 13.0 Å². The van der Waals surface area contributed by atoms with Crippen molar-refractivity contribution in [1.82, 2.24) is 0 Å². The summed E-state index contributed by atoms with van der Waals surface area (Å²) < 4.78 is 22.3. The highest BCUT2D eigenvalue weighted by atomic mass is 16.5. The number of aryl methyl sites for hydroxylation is 1. The van der Waals surface area contributed by atoms with E-state index in [-0.39, 0.29) is 5.63 Å². The van der Waals surface area contributed by atoms with E-state index in [1.165, 1.54) is 0 Å². The minimum atomic E-state index is -0.341. The van der Waals surface area contributed by atoms with E-state index >= 15 is 0 Å². The van der Waals surface area contributed by atoms with Gasteiger partial charge in [-0.25, -0.2) is 4.79 Å². The highest BCUT2D eigenvalue weighted by molar-refractivity contribution is 5.86. The molecule has 1 aromatic heterocycles. The van der Waals surface area contributed by atoms with E-state index in [9.17, 15) is 4.79 Å². The van der Waals surface area contributed by atoms with Crippen LogP contribution in [0.2, 0.25) is 0 Å². The molecule has 0 aliphatic carbocycles. The summed E-state index contributed by atoms with van der Waals surface area (Å²) in [6.45, 7) is 2.95. The molecule has 2 aromatic carbocycles. The van der Waals surface area contributed by atoms with Gasteiger partial charge in [0.05, 0.1) is 32.0 Å². The molecule has 0 unspecified atom stereocenters. The van der Waals surface area contributed by atoms with Crippen LogP contribution in [-0.4, -0.2) is 21.0 Å². The molecule has 1 aliphatic heterocycles. The molecular formula is C21H21NO5. The summed E-state index contributed by atoms with van der Waals surface area (Å²) in [5.41, 5.74) is 2.98. The Kier molecular flexibility index (Phi) is 4.39. The lowest BCUT2D eigenvalue weighted by molar-refractivity contribution is 0.286. The molecule has 0 amide bonds. The third-order valence-electron chi connectivity index (χ3n) is 4.89. The molecule has 1 aliphatic rings. The lowest BCUT2D eigenvalue weighted by Crippen LogP contribution is -2.32. The minimum Gasteiger partial charge on any atom is -0.497 e. The van der Waals surface area contributed by atoms with Crippen LogP contribution in [0.15, 0.2) is 45.6 Å². The van der Waals surface area contributed by atoms with Gasteiger partial charge in [0.25, 0.3) is 0 Å². The number of rotatable bonds is 4. The van der Waals surface area contributed by atoms with Crippen LogP contribution in [0.4, 0.5) is 5.69 Å². The molecule has 2 heterocycles. The molecule has 6 nitrogen and oxygen atoms in total. The summed E-state index contributed by atoms with van der Waals surface area (Å²) in [6, 6.07) is 11.1. The van der Waals surface area contributed by atoms with Gasteiger partial charge in [-0.1, -0.05) is 6.92 Å². The molecule has 27 heavy (non-hydrogen) atoms. The van der Waals surface area contributed by atoms with Gasteiger partial charge in [0.2, 0.25) is 0 Å². The predicted molar refractivity (Wildman–Crippen MR) is 103 cm³/mol. The van der Waals surface area contributed by atoms with Crippen LogP contribution in [0.3, 0.4) is 0 Å². The summed E-state index contributed by atoms with van der Waals surface area (Å²) in [5, 5.41) is 0.947.